The van der Waals surface area contributed by atoms with Crippen LogP contribution in [0.1, 0.15) is 11.1 Å². The van der Waals surface area contributed by atoms with Crippen LogP contribution in [0, 0.1) is 10.1 Å². The summed E-state index contributed by atoms with van der Waals surface area (Å²) in [5, 5.41) is 18.6. The predicted molar refractivity (Wildman–Crippen MR) is 85.5 cm³/mol. The van der Waals surface area contributed by atoms with Gasteiger partial charge in [-0.25, -0.2) is 4.79 Å². The average Bonchev–Trinajstić information content (AvgIpc) is 3.03. The van der Waals surface area contributed by atoms with Crippen LogP contribution in [0.2, 0.25) is 0 Å². The van der Waals surface area contributed by atoms with Crippen LogP contribution in [0.25, 0.3) is 11.0 Å². The Kier molecular flexibility index (Phi) is 3.23. The van der Waals surface area contributed by atoms with Crippen molar-refractivity contribution in [1.29, 1.82) is 0 Å². The molecule has 120 valence electrons. The maximum Gasteiger partial charge on any atom is 0.347 e. The molecule has 4 rings (SSSR count). The third-order valence-electron chi connectivity index (χ3n) is 4.22. The van der Waals surface area contributed by atoms with Gasteiger partial charge >= 0.3 is 6.03 Å². The van der Waals surface area contributed by atoms with Crippen LogP contribution >= 0.6 is 0 Å². The predicted octanol–water partition coefficient (Wildman–Crippen LogP) is 2.37. The van der Waals surface area contributed by atoms with Crippen LogP contribution < -0.4 is 0 Å². The molecule has 0 bridgehead atoms. The number of carbonyl (C=O) groups excluding carboxylic acids is 1. The summed E-state index contributed by atoms with van der Waals surface area (Å²) < 4.78 is 1.20. The summed E-state index contributed by atoms with van der Waals surface area (Å²) in [5.74, 6) is 0. The lowest BCUT2D eigenvalue weighted by molar-refractivity contribution is -0.384. The van der Waals surface area contributed by atoms with E-state index in [2.05, 4.69) is 16.4 Å². The smallest absolute Gasteiger partial charge is 0.318 e. The molecule has 1 aliphatic heterocycles. The molecule has 0 saturated carbocycles. The number of nitro benzene ring substituents is 1. The van der Waals surface area contributed by atoms with E-state index in [0.717, 1.165) is 12.0 Å². The quantitative estimate of drug-likeness (QED) is 0.506. The number of hydrogen-bond acceptors (Lipinski definition) is 5. The molecule has 8 heteroatoms. The van der Waals surface area contributed by atoms with E-state index in [-0.39, 0.29) is 11.7 Å². The highest BCUT2D eigenvalue weighted by Gasteiger charge is 2.24. The first-order chi connectivity index (χ1) is 11.6. The van der Waals surface area contributed by atoms with Crippen LogP contribution in [0.3, 0.4) is 0 Å². The molecule has 0 spiro atoms. The number of amides is 1. The van der Waals surface area contributed by atoms with Gasteiger partial charge in [-0.05, 0) is 23.6 Å². The first-order valence-electron chi connectivity index (χ1n) is 7.49. The van der Waals surface area contributed by atoms with E-state index in [4.69, 9.17) is 0 Å². The molecule has 0 radical (unpaired) electrons. The summed E-state index contributed by atoms with van der Waals surface area (Å²) >= 11 is 0. The number of fused-ring (bicyclic) bond motifs is 2. The third-order valence-corrected chi connectivity index (χ3v) is 4.22. The number of hydrogen-bond donors (Lipinski definition) is 0. The fourth-order valence-electron chi connectivity index (χ4n) is 2.96. The molecule has 0 aliphatic carbocycles. The van der Waals surface area contributed by atoms with Crippen molar-refractivity contribution >= 4 is 22.8 Å². The monoisotopic (exact) mass is 323 g/mol. The van der Waals surface area contributed by atoms with Gasteiger partial charge in [-0.1, -0.05) is 29.5 Å². The Labute approximate surface area is 136 Å². The number of aromatic nitrogens is 3. The van der Waals surface area contributed by atoms with Gasteiger partial charge in [-0.2, -0.15) is 4.68 Å². The molecule has 0 saturated heterocycles. The van der Waals surface area contributed by atoms with Gasteiger partial charge in [0.25, 0.3) is 5.69 Å². The zero-order valence-electron chi connectivity index (χ0n) is 12.6. The SMILES string of the molecule is O=C(N1CCc2ccccc2C1)n1nnc2cc([N+](=O)[O-])ccc21. The number of rotatable bonds is 1. The maximum absolute atomic E-state index is 12.8. The molecule has 1 amide bonds. The lowest BCUT2D eigenvalue weighted by Gasteiger charge is -2.28. The highest BCUT2D eigenvalue weighted by Crippen LogP contribution is 2.22. The number of carbonyl (C=O) groups is 1. The lowest BCUT2D eigenvalue weighted by Crippen LogP contribution is -2.39. The van der Waals surface area contributed by atoms with Crippen molar-refractivity contribution in [2.75, 3.05) is 6.54 Å². The van der Waals surface area contributed by atoms with Crippen molar-refractivity contribution in [3.63, 3.8) is 0 Å². The Morgan fingerprint density at radius 1 is 1.17 bits per heavy atom. The van der Waals surface area contributed by atoms with Crippen molar-refractivity contribution in [1.82, 2.24) is 19.9 Å². The number of non-ortho nitro benzene ring substituents is 1. The molecule has 1 aliphatic rings. The zero-order valence-corrected chi connectivity index (χ0v) is 12.6. The maximum atomic E-state index is 12.8. The van der Waals surface area contributed by atoms with Gasteiger partial charge in [0.1, 0.15) is 11.0 Å². The van der Waals surface area contributed by atoms with Crippen molar-refractivity contribution in [3.8, 4) is 0 Å². The van der Waals surface area contributed by atoms with Crippen LogP contribution in [0.5, 0.6) is 0 Å². The minimum Gasteiger partial charge on any atom is -0.318 e. The Balaban J connectivity index is 1.66. The van der Waals surface area contributed by atoms with Crippen LogP contribution in [-0.2, 0) is 13.0 Å². The average molecular weight is 323 g/mol. The van der Waals surface area contributed by atoms with Gasteiger partial charge in [0, 0.05) is 25.2 Å². The molecule has 2 aromatic carbocycles. The minimum absolute atomic E-state index is 0.0751. The van der Waals surface area contributed by atoms with Crippen LogP contribution in [0.15, 0.2) is 42.5 Å². The summed E-state index contributed by atoms with van der Waals surface area (Å²) in [7, 11) is 0. The summed E-state index contributed by atoms with van der Waals surface area (Å²) in [6, 6.07) is 11.9. The Morgan fingerprint density at radius 3 is 2.75 bits per heavy atom. The lowest BCUT2D eigenvalue weighted by atomic mass is 10.0. The summed E-state index contributed by atoms with van der Waals surface area (Å²) in [5.41, 5.74) is 3.09. The van der Waals surface area contributed by atoms with Crippen molar-refractivity contribution in [2.24, 2.45) is 0 Å². The molecule has 24 heavy (non-hydrogen) atoms. The molecular formula is C16H13N5O3. The van der Waals surface area contributed by atoms with Gasteiger partial charge in [0.05, 0.1) is 4.92 Å². The second-order valence-electron chi connectivity index (χ2n) is 5.65. The standard InChI is InChI=1S/C16H13N5O3/c22-16(19-8-7-11-3-1-2-4-12(11)10-19)20-15-6-5-13(21(23)24)9-14(15)17-18-20/h1-6,9H,7-8,10H2. The van der Waals surface area contributed by atoms with Crippen molar-refractivity contribution < 1.29 is 9.72 Å². The molecule has 0 N–H and O–H groups in total. The first-order valence-corrected chi connectivity index (χ1v) is 7.49. The number of nitro groups is 1. The third kappa shape index (κ3) is 2.28. The molecule has 3 aromatic rings. The highest BCUT2D eigenvalue weighted by molar-refractivity contribution is 5.88. The second kappa shape index (κ2) is 5.41. The van der Waals surface area contributed by atoms with Gasteiger partial charge in [0.15, 0.2) is 0 Å². The molecule has 0 unspecified atom stereocenters. The molecule has 0 atom stereocenters. The minimum atomic E-state index is -0.498. The molecule has 8 nitrogen and oxygen atoms in total. The first kappa shape index (κ1) is 14.3. The van der Waals surface area contributed by atoms with E-state index < -0.39 is 4.92 Å². The Hall–Kier alpha value is -3.29. The fourth-order valence-corrected chi connectivity index (χ4v) is 2.96. The largest absolute Gasteiger partial charge is 0.347 e. The van der Waals surface area contributed by atoms with Crippen LogP contribution in [0.4, 0.5) is 10.5 Å². The molecule has 0 fully saturated rings. The van der Waals surface area contributed by atoms with Gasteiger partial charge < -0.3 is 4.90 Å². The Morgan fingerprint density at radius 2 is 1.96 bits per heavy atom. The molecular weight excluding hydrogens is 310 g/mol. The van der Waals surface area contributed by atoms with Crippen molar-refractivity contribution in [2.45, 2.75) is 13.0 Å². The van der Waals surface area contributed by atoms with E-state index in [1.54, 1.807) is 4.90 Å². The van der Waals surface area contributed by atoms with Crippen LogP contribution in [-0.4, -0.2) is 37.4 Å². The number of nitrogens with zero attached hydrogens (tertiary/aromatic N) is 5. The van der Waals surface area contributed by atoms with E-state index in [1.165, 1.54) is 28.4 Å². The van der Waals surface area contributed by atoms with E-state index in [0.29, 0.717) is 24.1 Å². The normalized spacial score (nSPS) is 13.8. The Bertz CT molecular complexity index is 965. The fraction of sp³-hybridized carbons (Fsp3) is 0.188. The van der Waals surface area contributed by atoms with Gasteiger partial charge in [-0.3, -0.25) is 10.1 Å². The number of benzene rings is 2. The second-order valence-corrected chi connectivity index (χ2v) is 5.65. The van der Waals surface area contributed by atoms with E-state index in [1.807, 2.05) is 18.2 Å². The zero-order chi connectivity index (χ0) is 16.7. The highest BCUT2D eigenvalue weighted by atomic mass is 16.6. The van der Waals surface area contributed by atoms with E-state index in [9.17, 15) is 14.9 Å². The van der Waals surface area contributed by atoms with Gasteiger partial charge in [0.2, 0.25) is 0 Å². The van der Waals surface area contributed by atoms with Crippen molar-refractivity contribution in [3.05, 3.63) is 63.7 Å². The topological polar surface area (TPSA) is 94.2 Å². The van der Waals surface area contributed by atoms with Gasteiger partial charge in [-0.15, -0.1) is 5.10 Å². The summed E-state index contributed by atoms with van der Waals surface area (Å²) in [6.07, 6.45) is 0.792. The van der Waals surface area contributed by atoms with E-state index >= 15 is 0 Å². The molecule has 1 aromatic heterocycles. The summed E-state index contributed by atoms with van der Waals surface area (Å²) in [6.45, 7) is 1.12. The summed E-state index contributed by atoms with van der Waals surface area (Å²) in [4.78, 5) is 24.8. The molecule has 2 heterocycles.